The first-order valence-electron chi connectivity index (χ1n) is 10.8. The number of para-hydroxylation sites is 1. The zero-order valence-electron chi connectivity index (χ0n) is 18.1. The third-order valence-electron chi connectivity index (χ3n) is 6.33. The summed E-state index contributed by atoms with van der Waals surface area (Å²) < 4.78 is 10.8. The van der Waals surface area contributed by atoms with Crippen molar-refractivity contribution in [3.05, 3.63) is 65.4 Å². The van der Waals surface area contributed by atoms with E-state index >= 15 is 0 Å². The second-order valence-corrected chi connectivity index (χ2v) is 8.27. The quantitative estimate of drug-likeness (QED) is 0.313. The summed E-state index contributed by atoms with van der Waals surface area (Å²) in [5, 5.41) is 22.4. The summed E-state index contributed by atoms with van der Waals surface area (Å²) in [4.78, 5) is 30.8. The van der Waals surface area contributed by atoms with E-state index in [4.69, 9.17) is 9.47 Å². The number of aliphatic hydroxyl groups excluding tert-OH is 1. The van der Waals surface area contributed by atoms with Crippen LogP contribution in [0.3, 0.4) is 0 Å². The third-order valence-corrected chi connectivity index (χ3v) is 6.33. The number of aromatic nitrogens is 1. The average Bonchev–Trinajstić information content (AvgIpc) is 3.54. The van der Waals surface area contributed by atoms with Crippen molar-refractivity contribution in [3.8, 4) is 11.5 Å². The SMILES string of the molecule is COc1ccc(C2/C(=C(/O)c3c[nH]c4ccccc34)C(=O)C(=O)N2CC2CCCO2)cc1O. The van der Waals surface area contributed by atoms with Crippen LogP contribution < -0.4 is 4.74 Å². The van der Waals surface area contributed by atoms with Crippen molar-refractivity contribution in [1.82, 2.24) is 9.88 Å². The van der Waals surface area contributed by atoms with Crippen molar-refractivity contribution in [2.24, 2.45) is 0 Å². The summed E-state index contributed by atoms with van der Waals surface area (Å²) in [6.45, 7) is 0.824. The fraction of sp³-hybridized carbons (Fsp3) is 0.280. The minimum Gasteiger partial charge on any atom is -0.507 e. The number of methoxy groups -OCH3 is 1. The van der Waals surface area contributed by atoms with Crippen molar-refractivity contribution >= 4 is 28.4 Å². The number of benzene rings is 2. The van der Waals surface area contributed by atoms with Gasteiger partial charge in [-0.05, 0) is 36.6 Å². The van der Waals surface area contributed by atoms with Crippen LogP contribution in [0.5, 0.6) is 11.5 Å². The van der Waals surface area contributed by atoms with Crippen LogP contribution in [-0.4, -0.2) is 58.2 Å². The number of fused-ring (bicyclic) bond motifs is 1. The van der Waals surface area contributed by atoms with Gasteiger partial charge in [-0.25, -0.2) is 0 Å². The number of Topliss-reactive ketones (excluding diaryl/α,β-unsaturated/α-hetero) is 1. The monoisotopic (exact) mass is 448 g/mol. The molecule has 8 heteroatoms. The Kier molecular flexibility index (Phi) is 5.30. The van der Waals surface area contributed by atoms with Crippen LogP contribution in [0.2, 0.25) is 0 Å². The molecule has 170 valence electrons. The maximum Gasteiger partial charge on any atom is 0.295 e. The Morgan fingerprint density at radius 1 is 1.24 bits per heavy atom. The van der Waals surface area contributed by atoms with E-state index in [1.165, 1.54) is 18.1 Å². The molecule has 2 saturated heterocycles. The number of rotatable bonds is 5. The molecule has 0 spiro atoms. The molecule has 3 heterocycles. The Bertz CT molecular complexity index is 1270. The summed E-state index contributed by atoms with van der Waals surface area (Å²) in [7, 11) is 1.44. The number of H-pyrrole nitrogens is 1. The van der Waals surface area contributed by atoms with Crippen molar-refractivity contribution < 1.29 is 29.3 Å². The first-order chi connectivity index (χ1) is 16.0. The molecule has 3 aromatic rings. The number of nitrogens with one attached hydrogen (secondary N) is 1. The highest BCUT2D eigenvalue weighted by Crippen LogP contribution is 2.43. The van der Waals surface area contributed by atoms with Gasteiger partial charge in [-0.1, -0.05) is 24.3 Å². The number of carbonyl (C=O) groups is 2. The number of aliphatic hydroxyl groups is 1. The van der Waals surface area contributed by atoms with Crippen LogP contribution in [-0.2, 0) is 14.3 Å². The van der Waals surface area contributed by atoms with Gasteiger partial charge in [-0.2, -0.15) is 0 Å². The number of carbonyl (C=O) groups excluding carboxylic acids is 2. The number of likely N-dealkylation sites (tertiary alicyclic amines) is 1. The fourth-order valence-corrected chi connectivity index (χ4v) is 4.71. The summed E-state index contributed by atoms with van der Waals surface area (Å²) in [5.41, 5.74) is 1.70. The number of aromatic hydroxyl groups is 1. The van der Waals surface area contributed by atoms with Gasteiger partial charge in [-0.3, -0.25) is 9.59 Å². The van der Waals surface area contributed by atoms with Crippen LogP contribution in [0.25, 0.3) is 16.7 Å². The third kappa shape index (κ3) is 3.52. The molecule has 2 atom stereocenters. The van der Waals surface area contributed by atoms with Gasteiger partial charge in [0.05, 0.1) is 24.8 Å². The smallest absolute Gasteiger partial charge is 0.295 e. The zero-order chi connectivity index (χ0) is 23.1. The molecule has 2 aliphatic rings. The zero-order valence-corrected chi connectivity index (χ0v) is 18.1. The molecule has 1 aromatic heterocycles. The average molecular weight is 448 g/mol. The molecule has 2 aromatic carbocycles. The van der Waals surface area contributed by atoms with Gasteiger partial charge in [0, 0.05) is 35.8 Å². The van der Waals surface area contributed by atoms with Crippen molar-refractivity contribution in [1.29, 1.82) is 0 Å². The van der Waals surface area contributed by atoms with E-state index in [2.05, 4.69) is 4.98 Å². The maximum atomic E-state index is 13.2. The Labute approximate surface area is 190 Å². The highest BCUT2D eigenvalue weighted by Gasteiger charge is 2.47. The van der Waals surface area contributed by atoms with Gasteiger partial charge in [0.15, 0.2) is 11.5 Å². The van der Waals surface area contributed by atoms with Gasteiger partial charge < -0.3 is 29.6 Å². The highest BCUT2D eigenvalue weighted by atomic mass is 16.5. The molecule has 0 saturated carbocycles. The lowest BCUT2D eigenvalue weighted by atomic mass is 9.94. The first-order valence-corrected chi connectivity index (χ1v) is 10.8. The molecule has 3 N–H and O–H groups in total. The molecule has 2 aliphatic heterocycles. The molecule has 33 heavy (non-hydrogen) atoms. The number of phenols is 1. The Hall–Kier alpha value is -3.78. The fourth-order valence-electron chi connectivity index (χ4n) is 4.71. The molecule has 5 rings (SSSR count). The lowest BCUT2D eigenvalue weighted by molar-refractivity contribution is -0.140. The minimum atomic E-state index is -0.875. The van der Waals surface area contributed by atoms with E-state index in [-0.39, 0.29) is 35.5 Å². The summed E-state index contributed by atoms with van der Waals surface area (Å²) in [6, 6.07) is 11.2. The Balaban J connectivity index is 1.67. The molecule has 0 radical (unpaired) electrons. The second-order valence-electron chi connectivity index (χ2n) is 8.27. The predicted octanol–water partition coefficient (Wildman–Crippen LogP) is 3.48. The molecule has 2 fully saturated rings. The number of hydrogen-bond donors (Lipinski definition) is 3. The molecular formula is C25H24N2O6. The van der Waals surface area contributed by atoms with Crippen molar-refractivity contribution in [3.63, 3.8) is 0 Å². The number of nitrogens with zero attached hydrogens (tertiary/aromatic N) is 1. The summed E-state index contributed by atoms with van der Waals surface area (Å²) in [6.07, 6.45) is 3.10. The minimum absolute atomic E-state index is 0.0210. The topological polar surface area (TPSA) is 112 Å². The van der Waals surface area contributed by atoms with Gasteiger partial charge >= 0.3 is 0 Å². The van der Waals surface area contributed by atoms with E-state index in [0.29, 0.717) is 17.7 Å². The molecule has 0 bridgehead atoms. The number of hydrogen-bond acceptors (Lipinski definition) is 6. The van der Waals surface area contributed by atoms with Crippen molar-refractivity contribution in [2.75, 3.05) is 20.3 Å². The number of ether oxygens (including phenoxy) is 2. The van der Waals surface area contributed by atoms with Gasteiger partial charge in [0.1, 0.15) is 5.76 Å². The lowest BCUT2D eigenvalue weighted by Crippen LogP contribution is -2.36. The van der Waals surface area contributed by atoms with E-state index in [1.54, 1.807) is 18.3 Å². The Morgan fingerprint density at radius 2 is 2.06 bits per heavy atom. The highest BCUT2D eigenvalue weighted by molar-refractivity contribution is 6.46. The standard InChI is InChI=1S/C25H24N2O6/c1-32-20-9-8-14(11-19(20)28)22-21(23(29)17-12-26-18-7-3-2-6-16(17)18)24(30)25(31)27(22)13-15-5-4-10-33-15/h2-3,6-9,11-12,15,22,26,28-29H,4-5,10,13H2,1H3/b23-21-. The van der Waals surface area contributed by atoms with Crippen LogP contribution in [0.15, 0.2) is 54.2 Å². The normalized spacial score (nSPS) is 22.4. The van der Waals surface area contributed by atoms with Crippen LogP contribution in [0.1, 0.15) is 30.0 Å². The van der Waals surface area contributed by atoms with E-state index in [0.717, 1.165) is 23.7 Å². The second kappa shape index (κ2) is 8.29. The predicted molar refractivity (Wildman–Crippen MR) is 121 cm³/mol. The maximum absolute atomic E-state index is 13.2. The number of phenolic OH excluding ortho intramolecular Hbond substituents is 1. The van der Waals surface area contributed by atoms with Gasteiger partial charge in [0.2, 0.25) is 0 Å². The molecule has 0 aliphatic carbocycles. The number of aromatic amines is 1. The lowest BCUT2D eigenvalue weighted by Gasteiger charge is -2.27. The molecule has 2 unspecified atom stereocenters. The van der Waals surface area contributed by atoms with E-state index in [1.807, 2.05) is 24.3 Å². The molecule has 8 nitrogen and oxygen atoms in total. The van der Waals surface area contributed by atoms with Gasteiger partial charge in [-0.15, -0.1) is 0 Å². The largest absolute Gasteiger partial charge is 0.507 e. The number of ketones is 1. The van der Waals surface area contributed by atoms with Crippen LogP contribution in [0.4, 0.5) is 0 Å². The van der Waals surface area contributed by atoms with E-state index in [9.17, 15) is 19.8 Å². The van der Waals surface area contributed by atoms with Gasteiger partial charge in [0.25, 0.3) is 11.7 Å². The number of amides is 1. The van der Waals surface area contributed by atoms with Crippen LogP contribution >= 0.6 is 0 Å². The first kappa shape index (κ1) is 21.1. The van der Waals surface area contributed by atoms with Crippen LogP contribution in [0, 0.1) is 0 Å². The summed E-state index contributed by atoms with van der Waals surface area (Å²) >= 11 is 0. The van der Waals surface area contributed by atoms with E-state index < -0.39 is 17.7 Å². The van der Waals surface area contributed by atoms with Crippen molar-refractivity contribution in [2.45, 2.75) is 25.0 Å². The summed E-state index contributed by atoms with van der Waals surface area (Å²) in [5.74, 6) is -1.58. The molecular weight excluding hydrogens is 424 g/mol. The Morgan fingerprint density at radius 3 is 2.79 bits per heavy atom. The molecule has 1 amide bonds.